The average Bonchev–Trinajstić information content (AvgIpc) is 2.39. The van der Waals surface area contributed by atoms with Crippen molar-refractivity contribution >= 4 is 11.6 Å². The summed E-state index contributed by atoms with van der Waals surface area (Å²) in [5.74, 6) is 0.340. The summed E-state index contributed by atoms with van der Waals surface area (Å²) in [6.45, 7) is 5.92. The Morgan fingerprint density at radius 3 is 2.58 bits per heavy atom. The minimum absolute atomic E-state index is 0.143. The van der Waals surface area contributed by atoms with Gasteiger partial charge in [0.05, 0.1) is 6.61 Å². The first-order valence-electron chi connectivity index (χ1n) is 6.71. The second-order valence-corrected chi connectivity index (χ2v) is 4.78. The van der Waals surface area contributed by atoms with E-state index in [-0.39, 0.29) is 11.8 Å². The summed E-state index contributed by atoms with van der Waals surface area (Å²) < 4.78 is 5.25. The highest BCUT2D eigenvalue weighted by atomic mass is 16.5. The minimum atomic E-state index is 0.143. The highest BCUT2D eigenvalue weighted by molar-refractivity contribution is 5.76. The van der Waals surface area contributed by atoms with Crippen molar-refractivity contribution in [3.05, 3.63) is 29.8 Å². The number of rotatable bonds is 7. The fourth-order valence-electron chi connectivity index (χ4n) is 1.83. The molecule has 1 unspecified atom stereocenters. The normalized spacial score (nSPS) is 12.2. The van der Waals surface area contributed by atoms with E-state index in [1.54, 1.807) is 4.90 Å². The van der Waals surface area contributed by atoms with Crippen molar-refractivity contribution in [3.63, 3.8) is 0 Å². The van der Waals surface area contributed by atoms with Crippen LogP contribution in [0.3, 0.4) is 0 Å². The summed E-state index contributed by atoms with van der Waals surface area (Å²) in [6, 6.07) is 7.70. The van der Waals surface area contributed by atoms with Gasteiger partial charge < -0.3 is 15.4 Å². The highest BCUT2D eigenvalue weighted by Crippen LogP contribution is 2.20. The summed E-state index contributed by atoms with van der Waals surface area (Å²) in [6.07, 6.45) is 0.506. The van der Waals surface area contributed by atoms with Gasteiger partial charge in [-0.25, -0.2) is 0 Å². The van der Waals surface area contributed by atoms with E-state index in [1.807, 2.05) is 38.2 Å². The number of ether oxygens (including phenoxy) is 1. The topological polar surface area (TPSA) is 55.6 Å². The molecule has 4 nitrogen and oxygen atoms in total. The molecule has 0 spiro atoms. The first-order valence-corrected chi connectivity index (χ1v) is 6.71. The fraction of sp³-hybridized carbons (Fsp3) is 0.533. The third-order valence-electron chi connectivity index (χ3n) is 3.19. The van der Waals surface area contributed by atoms with Gasteiger partial charge in [-0.15, -0.1) is 0 Å². The Balaban J connectivity index is 2.44. The van der Waals surface area contributed by atoms with Gasteiger partial charge in [0.25, 0.3) is 0 Å². The molecule has 0 saturated carbocycles. The molecular formula is C15H24N2O2. The van der Waals surface area contributed by atoms with Crippen LogP contribution >= 0.6 is 0 Å². The van der Waals surface area contributed by atoms with Crippen LogP contribution in [-0.4, -0.2) is 37.6 Å². The molecule has 1 amide bonds. The highest BCUT2D eigenvalue weighted by Gasteiger charge is 2.14. The lowest BCUT2D eigenvalue weighted by atomic mass is 9.97. The lowest BCUT2D eigenvalue weighted by molar-refractivity contribution is -0.130. The minimum Gasteiger partial charge on any atom is -0.399 e. The van der Waals surface area contributed by atoms with E-state index < -0.39 is 0 Å². The van der Waals surface area contributed by atoms with Gasteiger partial charge in [-0.3, -0.25) is 4.79 Å². The lowest BCUT2D eigenvalue weighted by Gasteiger charge is -2.19. The van der Waals surface area contributed by atoms with Gasteiger partial charge >= 0.3 is 0 Å². The number of benzene rings is 1. The van der Waals surface area contributed by atoms with Gasteiger partial charge in [0.15, 0.2) is 0 Å². The monoisotopic (exact) mass is 264 g/mol. The van der Waals surface area contributed by atoms with Gasteiger partial charge in [0.1, 0.15) is 0 Å². The van der Waals surface area contributed by atoms with E-state index in [0.29, 0.717) is 26.2 Å². The second kappa shape index (κ2) is 7.79. The zero-order valence-corrected chi connectivity index (χ0v) is 12.1. The van der Waals surface area contributed by atoms with Crippen molar-refractivity contribution < 1.29 is 9.53 Å². The van der Waals surface area contributed by atoms with Crippen LogP contribution < -0.4 is 5.73 Å². The molecule has 2 N–H and O–H groups in total. The molecule has 0 fully saturated rings. The SMILES string of the molecule is CCOCCN(C)C(=O)CC(C)c1ccc(N)cc1. The van der Waals surface area contributed by atoms with Crippen LogP contribution in [0.2, 0.25) is 0 Å². The van der Waals surface area contributed by atoms with Crippen molar-refractivity contribution in [1.29, 1.82) is 0 Å². The number of carbonyl (C=O) groups excluding carboxylic acids is 1. The van der Waals surface area contributed by atoms with Crippen LogP contribution in [0.1, 0.15) is 31.7 Å². The third-order valence-corrected chi connectivity index (χ3v) is 3.19. The molecular weight excluding hydrogens is 240 g/mol. The number of hydrogen-bond donors (Lipinski definition) is 1. The number of likely N-dealkylation sites (N-methyl/N-ethyl adjacent to an activating group) is 1. The Kier molecular flexibility index (Phi) is 6.36. The summed E-state index contributed by atoms with van der Waals surface area (Å²) in [4.78, 5) is 13.8. The maximum atomic E-state index is 12.0. The molecule has 0 aromatic heterocycles. The molecule has 0 aliphatic rings. The summed E-state index contributed by atoms with van der Waals surface area (Å²) in [7, 11) is 1.82. The van der Waals surface area contributed by atoms with Gasteiger partial charge in [-0.1, -0.05) is 19.1 Å². The Morgan fingerprint density at radius 2 is 2.00 bits per heavy atom. The number of amides is 1. The van der Waals surface area contributed by atoms with Crippen LogP contribution in [0.15, 0.2) is 24.3 Å². The number of nitrogens with two attached hydrogens (primary N) is 1. The van der Waals surface area contributed by atoms with E-state index in [4.69, 9.17) is 10.5 Å². The van der Waals surface area contributed by atoms with Crippen LogP contribution in [0, 0.1) is 0 Å². The predicted molar refractivity (Wildman–Crippen MR) is 78.0 cm³/mol. The maximum absolute atomic E-state index is 12.0. The molecule has 1 aromatic rings. The van der Waals surface area contributed by atoms with Crippen LogP contribution in [-0.2, 0) is 9.53 Å². The fourth-order valence-corrected chi connectivity index (χ4v) is 1.83. The molecule has 4 heteroatoms. The molecule has 106 valence electrons. The molecule has 0 saturated heterocycles. The Labute approximate surface area is 115 Å². The van der Waals surface area contributed by atoms with Gasteiger partial charge in [-0.05, 0) is 30.5 Å². The quantitative estimate of drug-likeness (QED) is 0.607. The summed E-state index contributed by atoms with van der Waals surface area (Å²) >= 11 is 0. The summed E-state index contributed by atoms with van der Waals surface area (Å²) in [5.41, 5.74) is 7.54. The van der Waals surface area contributed by atoms with E-state index >= 15 is 0 Å². The van der Waals surface area contributed by atoms with Gasteiger partial charge in [0, 0.05) is 32.3 Å². The molecule has 1 rings (SSSR count). The molecule has 0 radical (unpaired) electrons. The van der Waals surface area contributed by atoms with Crippen LogP contribution in [0.25, 0.3) is 0 Å². The molecule has 0 aliphatic heterocycles. The van der Waals surface area contributed by atoms with E-state index in [1.165, 1.54) is 0 Å². The van der Waals surface area contributed by atoms with Crippen molar-refractivity contribution in [1.82, 2.24) is 4.90 Å². The van der Waals surface area contributed by atoms with Crippen LogP contribution in [0.4, 0.5) is 5.69 Å². The summed E-state index contributed by atoms with van der Waals surface area (Å²) in [5, 5.41) is 0. The maximum Gasteiger partial charge on any atom is 0.222 e. The van der Waals surface area contributed by atoms with Gasteiger partial charge in [-0.2, -0.15) is 0 Å². The average molecular weight is 264 g/mol. The van der Waals surface area contributed by atoms with Crippen LogP contribution in [0.5, 0.6) is 0 Å². The van der Waals surface area contributed by atoms with Crippen molar-refractivity contribution in [2.45, 2.75) is 26.2 Å². The van der Waals surface area contributed by atoms with E-state index in [2.05, 4.69) is 6.92 Å². The predicted octanol–water partition coefficient (Wildman–Crippen LogP) is 2.26. The molecule has 0 aliphatic carbocycles. The molecule has 19 heavy (non-hydrogen) atoms. The Hall–Kier alpha value is -1.55. The number of hydrogen-bond acceptors (Lipinski definition) is 3. The first kappa shape index (κ1) is 15.5. The van der Waals surface area contributed by atoms with Gasteiger partial charge in [0.2, 0.25) is 5.91 Å². The number of nitrogens with zero attached hydrogens (tertiary/aromatic N) is 1. The van der Waals surface area contributed by atoms with Crippen molar-refractivity contribution in [2.24, 2.45) is 0 Å². The number of carbonyl (C=O) groups is 1. The Morgan fingerprint density at radius 1 is 1.37 bits per heavy atom. The number of anilines is 1. The first-order chi connectivity index (χ1) is 9.04. The van der Waals surface area contributed by atoms with Crippen molar-refractivity contribution in [3.8, 4) is 0 Å². The Bertz CT molecular complexity index is 390. The second-order valence-electron chi connectivity index (χ2n) is 4.78. The molecule has 0 bridgehead atoms. The lowest BCUT2D eigenvalue weighted by Crippen LogP contribution is -2.30. The van der Waals surface area contributed by atoms with E-state index in [9.17, 15) is 4.79 Å². The zero-order valence-electron chi connectivity index (χ0n) is 12.1. The standard InChI is InChI=1S/C15H24N2O2/c1-4-19-10-9-17(3)15(18)11-12(2)13-5-7-14(16)8-6-13/h5-8,12H,4,9-11,16H2,1-3H3. The molecule has 0 heterocycles. The van der Waals surface area contributed by atoms with E-state index in [0.717, 1.165) is 11.3 Å². The zero-order chi connectivity index (χ0) is 14.3. The third kappa shape index (κ3) is 5.30. The molecule has 1 atom stereocenters. The smallest absolute Gasteiger partial charge is 0.222 e. The molecule has 1 aromatic carbocycles. The number of nitrogen functional groups attached to an aromatic ring is 1. The van der Waals surface area contributed by atoms with Crippen molar-refractivity contribution in [2.75, 3.05) is 32.5 Å². The largest absolute Gasteiger partial charge is 0.399 e.